The van der Waals surface area contributed by atoms with Crippen LogP contribution in [0.25, 0.3) is 11.0 Å². The molecular formula is C25H29NO2. The number of likely N-dealkylation sites (tertiary alicyclic amines) is 1. The van der Waals surface area contributed by atoms with Crippen LogP contribution in [0.2, 0.25) is 0 Å². The lowest BCUT2D eigenvalue weighted by Crippen LogP contribution is -2.39. The summed E-state index contributed by atoms with van der Waals surface area (Å²) in [6, 6.07) is 17.0. The van der Waals surface area contributed by atoms with Crippen molar-refractivity contribution in [1.82, 2.24) is 4.90 Å². The van der Waals surface area contributed by atoms with Crippen LogP contribution in [-0.4, -0.2) is 23.9 Å². The van der Waals surface area contributed by atoms with Crippen LogP contribution in [-0.2, 0) is 17.6 Å². The molecule has 3 heteroatoms. The lowest BCUT2D eigenvalue weighted by Gasteiger charge is -2.32. The molecule has 146 valence electrons. The fraction of sp³-hybridized carbons (Fsp3) is 0.400. The summed E-state index contributed by atoms with van der Waals surface area (Å²) in [5.74, 6) is 1.36. The Kier molecular flexibility index (Phi) is 5.52. The zero-order valence-corrected chi connectivity index (χ0v) is 16.9. The van der Waals surface area contributed by atoms with E-state index in [0.717, 1.165) is 48.9 Å². The third-order valence-electron chi connectivity index (χ3n) is 6.02. The second kappa shape index (κ2) is 8.22. The molecule has 1 aliphatic heterocycles. The van der Waals surface area contributed by atoms with Crippen LogP contribution in [0, 0.1) is 5.92 Å². The van der Waals surface area contributed by atoms with Gasteiger partial charge in [0.25, 0.3) is 0 Å². The summed E-state index contributed by atoms with van der Waals surface area (Å²) in [6.07, 6.45) is 5.48. The monoisotopic (exact) mass is 375 g/mol. The topological polar surface area (TPSA) is 33.5 Å². The molecule has 28 heavy (non-hydrogen) atoms. The minimum atomic E-state index is 0.218. The second-order valence-corrected chi connectivity index (χ2v) is 8.36. The predicted molar refractivity (Wildman–Crippen MR) is 113 cm³/mol. The van der Waals surface area contributed by atoms with Crippen LogP contribution in [0.4, 0.5) is 0 Å². The Morgan fingerprint density at radius 2 is 1.86 bits per heavy atom. The largest absolute Gasteiger partial charge is 0.464 e. The van der Waals surface area contributed by atoms with Crippen LogP contribution in [0.1, 0.15) is 49.3 Å². The third-order valence-corrected chi connectivity index (χ3v) is 6.02. The number of nitrogens with zero attached hydrogens (tertiary/aromatic N) is 1. The van der Waals surface area contributed by atoms with Crippen molar-refractivity contribution >= 4 is 16.9 Å². The van der Waals surface area contributed by atoms with Gasteiger partial charge in [0.05, 0.1) is 12.7 Å². The van der Waals surface area contributed by atoms with E-state index in [0.29, 0.717) is 18.3 Å². The summed E-state index contributed by atoms with van der Waals surface area (Å²) in [5, 5.41) is 1.08. The maximum atomic E-state index is 12.9. The number of hydrogen-bond donors (Lipinski definition) is 0. The number of amides is 1. The van der Waals surface area contributed by atoms with Crippen LogP contribution < -0.4 is 0 Å². The molecule has 1 fully saturated rings. The van der Waals surface area contributed by atoms with Gasteiger partial charge in [0.15, 0.2) is 0 Å². The average molecular weight is 376 g/mol. The Bertz CT molecular complexity index is 934. The van der Waals surface area contributed by atoms with Gasteiger partial charge >= 0.3 is 0 Å². The van der Waals surface area contributed by atoms with Crippen LogP contribution in [0.5, 0.6) is 0 Å². The van der Waals surface area contributed by atoms with Gasteiger partial charge in [-0.05, 0) is 54.4 Å². The molecule has 0 unspecified atom stereocenters. The number of hydrogen-bond acceptors (Lipinski definition) is 2. The zero-order chi connectivity index (χ0) is 19.5. The van der Waals surface area contributed by atoms with E-state index < -0.39 is 0 Å². The molecule has 0 N–H and O–H groups in total. The van der Waals surface area contributed by atoms with Gasteiger partial charge in [-0.3, -0.25) is 4.79 Å². The molecule has 1 aliphatic rings. The first kappa shape index (κ1) is 18.8. The highest BCUT2D eigenvalue weighted by Crippen LogP contribution is 2.27. The van der Waals surface area contributed by atoms with Gasteiger partial charge in [-0.2, -0.15) is 0 Å². The van der Waals surface area contributed by atoms with Crippen molar-refractivity contribution in [2.75, 3.05) is 13.1 Å². The van der Waals surface area contributed by atoms with Crippen molar-refractivity contribution in [3.8, 4) is 0 Å². The molecular weight excluding hydrogens is 346 g/mol. The molecule has 0 radical (unpaired) electrons. The normalized spacial score (nSPS) is 15.5. The highest BCUT2D eigenvalue weighted by Gasteiger charge is 2.24. The number of rotatable bonds is 5. The van der Waals surface area contributed by atoms with Crippen molar-refractivity contribution in [1.29, 1.82) is 0 Å². The van der Waals surface area contributed by atoms with E-state index in [4.69, 9.17) is 4.42 Å². The van der Waals surface area contributed by atoms with Crippen LogP contribution >= 0.6 is 0 Å². The van der Waals surface area contributed by atoms with Crippen LogP contribution in [0.3, 0.4) is 0 Å². The smallest absolute Gasteiger partial charge is 0.227 e. The molecule has 2 heterocycles. The van der Waals surface area contributed by atoms with Gasteiger partial charge in [0, 0.05) is 24.0 Å². The zero-order valence-electron chi connectivity index (χ0n) is 16.9. The summed E-state index contributed by atoms with van der Waals surface area (Å²) in [5.41, 5.74) is 4.56. The lowest BCUT2D eigenvalue weighted by molar-refractivity contribution is -0.131. The van der Waals surface area contributed by atoms with Gasteiger partial charge < -0.3 is 9.32 Å². The fourth-order valence-corrected chi connectivity index (χ4v) is 4.20. The van der Waals surface area contributed by atoms with Crippen molar-refractivity contribution < 1.29 is 9.21 Å². The molecule has 0 saturated carbocycles. The number of carbonyl (C=O) groups excluding carboxylic acids is 1. The maximum Gasteiger partial charge on any atom is 0.227 e. The number of carbonyl (C=O) groups is 1. The molecule has 1 aromatic heterocycles. The van der Waals surface area contributed by atoms with E-state index in [-0.39, 0.29) is 5.91 Å². The quantitative estimate of drug-likeness (QED) is 0.583. The molecule has 0 aliphatic carbocycles. The van der Waals surface area contributed by atoms with Crippen LogP contribution in [0.15, 0.2) is 59.2 Å². The van der Waals surface area contributed by atoms with Crippen molar-refractivity contribution in [2.24, 2.45) is 5.92 Å². The molecule has 1 saturated heterocycles. The number of fused-ring (bicyclic) bond motifs is 1. The summed E-state index contributed by atoms with van der Waals surface area (Å²) < 4.78 is 5.68. The molecule has 0 bridgehead atoms. The van der Waals surface area contributed by atoms with Gasteiger partial charge in [0.2, 0.25) is 5.91 Å². The molecule has 4 rings (SSSR count). The molecule has 0 spiro atoms. The predicted octanol–water partition coefficient (Wildman–Crippen LogP) is 5.58. The Hall–Kier alpha value is -2.55. The Morgan fingerprint density at radius 1 is 1.11 bits per heavy atom. The van der Waals surface area contributed by atoms with E-state index >= 15 is 0 Å². The van der Waals surface area contributed by atoms with Gasteiger partial charge in [-0.15, -0.1) is 0 Å². The second-order valence-electron chi connectivity index (χ2n) is 8.36. The van der Waals surface area contributed by atoms with Crippen molar-refractivity contribution in [3.05, 3.63) is 71.5 Å². The first-order chi connectivity index (χ1) is 13.6. The SMILES string of the molecule is CC(C)c1ccc2occ(CC(=O)N3CCC(Cc4ccccc4)CC3)c2c1. The third kappa shape index (κ3) is 4.14. The molecule has 3 aromatic rings. The first-order valence-corrected chi connectivity index (χ1v) is 10.4. The summed E-state index contributed by atoms with van der Waals surface area (Å²) in [7, 11) is 0. The molecule has 1 amide bonds. The van der Waals surface area contributed by atoms with Gasteiger partial charge in [0.1, 0.15) is 5.58 Å². The number of benzene rings is 2. The highest BCUT2D eigenvalue weighted by molar-refractivity contribution is 5.88. The van der Waals surface area contributed by atoms with E-state index in [1.165, 1.54) is 11.1 Å². The summed E-state index contributed by atoms with van der Waals surface area (Å²) >= 11 is 0. The Balaban J connectivity index is 1.37. The Labute approximate surface area is 167 Å². The standard InChI is InChI=1S/C25H29NO2/c1-18(2)21-8-9-24-23(15-21)22(17-28-24)16-25(27)26-12-10-20(11-13-26)14-19-6-4-3-5-7-19/h3-9,15,17-18,20H,10-14,16H2,1-2H3. The van der Waals surface area contributed by atoms with E-state index in [1.807, 2.05) is 11.0 Å². The number of furan rings is 1. The van der Waals surface area contributed by atoms with Gasteiger partial charge in [-0.25, -0.2) is 0 Å². The summed E-state index contributed by atoms with van der Waals surface area (Å²) in [4.78, 5) is 14.9. The molecule has 2 aromatic carbocycles. The average Bonchev–Trinajstić information content (AvgIpc) is 3.11. The first-order valence-electron chi connectivity index (χ1n) is 10.4. The molecule has 0 atom stereocenters. The van der Waals surface area contributed by atoms with Crippen molar-refractivity contribution in [3.63, 3.8) is 0 Å². The maximum absolute atomic E-state index is 12.9. The van der Waals surface area contributed by atoms with E-state index in [2.05, 4.69) is 56.3 Å². The molecule has 3 nitrogen and oxygen atoms in total. The fourth-order valence-electron chi connectivity index (χ4n) is 4.20. The van der Waals surface area contributed by atoms with Crippen molar-refractivity contribution in [2.45, 2.75) is 45.4 Å². The minimum Gasteiger partial charge on any atom is -0.464 e. The minimum absolute atomic E-state index is 0.218. The lowest BCUT2D eigenvalue weighted by atomic mass is 9.90. The highest BCUT2D eigenvalue weighted by atomic mass is 16.3. The summed E-state index contributed by atoms with van der Waals surface area (Å²) in [6.45, 7) is 6.10. The number of piperidine rings is 1. The van der Waals surface area contributed by atoms with Gasteiger partial charge in [-0.1, -0.05) is 50.2 Å². The Morgan fingerprint density at radius 3 is 2.57 bits per heavy atom. The van der Waals surface area contributed by atoms with E-state index in [9.17, 15) is 4.79 Å². The van der Waals surface area contributed by atoms with E-state index in [1.54, 1.807) is 6.26 Å².